The Morgan fingerprint density at radius 1 is 1.44 bits per heavy atom. The number of imidazole rings is 1. The van der Waals surface area contributed by atoms with Crippen molar-refractivity contribution in [2.75, 3.05) is 0 Å². The van der Waals surface area contributed by atoms with Crippen LogP contribution in [-0.2, 0) is 19.4 Å². The fourth-order valence-corrected chi connectivity index (χ4v) is 2.45. The van der Waals surface area contributed by atoms with E-state index in [1.54, 1.807) is 4.57 Å². The van der Waals surface area contributed by atoms with Gasteiger partial charge < -0.3 is 10.3 Å². The van der Waals surface area contributed by atoms with Gasteiger partial charge in [0.05, 0.1) is 17.0 Å². The molecule has 2 N–H and O–H groups in total. The van der Waals surface area contributed by atoms with Gasteiger partial charge >= 0.3 is 6.18 Å². The Hall–Kier alpha value is -1.11. The van der Waals surface area contributed by atoms with Crippen LogP contribution in [0.25, 0.3) is 0 Å². The predicted octanol–water partition coefficient (Wildman–Crippen LogP) is 2.23. The first-order valence-electron chi connectivity index (χ1n) is 5.78. The van der Waals surface area contributed by atoms with Gasteiger partial charge in [0.15, 0.2) is 0 Å². The van der Waals surface area contributed by atoms with Gasteiger partial charge in [-0.2, -0.15) is 13.2 Å². The number of halogens is 3. The number of hydrogen-bond donors (Lipinski definition) is 1. The lowest BCUT2D eigenvalue weighted by Crippen LogP contribution is -2.37. The smallest absolute Gasteiger partial charge is 0.393 e. The highest BCUT2D eigenvalue weighted by atomic mass is 32.1. The van der Waals surface area contributed by atoms with Gasteiger partial charge in [0.25, 0.3) is 0 Å². The number of aromatic nitrogens is 2. The monoisotopic (exact) mass is 277 g/mol. The Balaban J connectivity index is 2.22. The van der Waals surface area contributed by atoms with Gasteiger partial charge in [-0.05, 0) is 25.7 Å². The van der Waals surface area contributed by atoms with Crippen molar-refractivity contribution in [3.63, 3.8) is 0 Å². The fourth-order valence-electron chi connectivity index (χ4n) is 2.24. The Labute approximate surface area is 108 Å². The molecule has 1 heterocycles. The maximum absolute atomic E-state index is 12.8. The minimum absolute atomic E-state index is 0.263. The van der Waals surface area contributed by atoms with Crippen molar-refractivity contribution in [2.45, 2.75) is 38.4 Å². The first-order valence-corrected chi connectivity index (χ1v) is 6.19. The zero-order valence-electron chi connectivity index (χ0n) is 9.70. The quantitative estimate of drug-likeness (QED) is 0.862. The second-order valence-corrected chi connectivity index (χ2v) is 4.97. The van der Waals surface area contributed by atoms with Crippen molar-refractivity contribution in [1.82, 2.24) is 9.55 Å². The number of nitrogens with zero attached hydrogens (tertiary/aromatic N) is 2. The Morgan fingerprint density at radius 3 is 2.72 bits per heavy atom. The molecule has 0 spiro atoms. The molecule has 1 aromatic rings. The van der Waals surface area contributed by atoms with Gasteiger partial charge in [-0.25, -0.2) is 4.98 Å². The van der Waals surface area contributed by atoms with Gasteiger partial charge in [-0.3, -0.25) is 0 Å². The molecule has 7 heteroatoms. The number of hydrogen-bond acceptors (Lipinski definition) is 2. The van der Waals surface area contributed by atoms with Crippen LogP contribution in [0.15, 0.2) is 6.33 Å². The van der Waals surface area contributed by atoms with E-state index in [1.165, 1.54) is 6.33 Å². The van der Waals surface area contributed by atoms with Crippen LogP contribution in [0.3, 0.4) is 0 Å². The normalized spacial score (nSPS) is 17.3. The van der Waals surface area contributed by atoms with Gasteiger partial charge in [-0.15, -0.1) is 0 Å². The molecule has 0 bridgehead atoms. The van der Waals surface area contributed by atoms with Crippen LogP contribution in [-0.4, -0.2) is 20.7 Å². The molecule has 1 aliphatic carbocycles. The van der Waals surface area contributed by atoms with Crippen LogP contribution in [0.1, 0.15) is 24.2 Å². The Morgan fingerprint density at radius 2 is 2.11 bits per heavy atom. The molecule has 1 atom stereocenters. The summed E-state index contributed by atoms with van der Waals surface area (Å²) in [6.45, 7) is -0.263. The van der Waals surface area contributed by atoms with Crippen LogP contribution in [0.5, 0.6) is 0 Å². The third kappa shape index (κ3) is 2.66. The molecular formula is C11H14F3N3S. The standard InChI is InChI=1S/C11H14F3N3S/c12-11(13,14)7(10(15)18)5-17-6-16-8-3-1-2-4-9(8)17/h6-7H,1-5H2,(H2,15,18). The van der Waals surface area contributed by atoms with E-state index >= 15 is 0 Å². The van der Waals surface area contributed by atoms with Crippen molar-refractivity contribution in [1.29, 1.82) is 0 Å². The molecule has 1 aliphatic rings. The van der Waals surface area contributed by atoms with E-state index in [9.17, 15) is 13.2 Å². The minimum atomic E-state index is -4.41. The maximum Gasteiger partial charge on any atom is 0.399 e. The maximum atomic E-state index is 12.8. The molecule has 2 rings (SSSR count). The molecule has 0 saturated carbocycles. The van der Waals surface area contributed by atoms with E-state index in [0.29, 0.717) is 0 Å². The number of nitrogens with two attached hydrogens (primary N) is 1. The number of alkyl halides is 3. The number of fused-ring (bicyclic) bond motifs is 1. The van der Waals surface area contributed by atoms with Crippen LogP contribution in [0.4, 0.5) is 13.2 Å². The van der Waals surface area contributed by atoms with Crippen molar-refractivity contribution in [3.05, 3.63) is 17.7 Å². The van der Waals surface area contributed by atoms with Crippen molar-refractivity contribution >= 4 is 17.2 Å². The number of rotatable bonds is 3. The van der Waals surface area contributed by atoms with E-state index in [0.717, 1.165) is 37.1 Å². The largest absolute Gasteiger partial charge is 0.399 e. The summed E-state index contributed by atoms with van der Waals surface area (Å²) in [6.07, 6.45) is 0.707. The molecule has 0 amide bonds. The van der Waals surface area contributed by atoms with Crippen LogP contribution in [0, 0.1) is 5.92 Å². The summed E-state index contributed by atoms with van der Waals surface area (Å²) in [5, 5.41) is 0. The van der Waals surface area contributed by atoms with Gasteiger partial charge in [0.2, 0.25) is 0 Å². The highest BCUT2D eigenvalue weighted by Gasteiger charge is 2.42. The van der Waals surface area contributed by atoms with Gasteiger partial charge in [-0.1, -0.05) is 12.2 Å². The van der Waals surface area contributed by atoms with Gasteiger partial charge in [0.1, 0.15) is 5.92 Å². The summed E-state index contributed by atoms with van der Waals surface area (Å²) in [6, 6.07) is 0. The molecule has 0 fully saturated rings. The summed E-state index contributed by atoms with van der Waals surface area (Å²) in [7, 11) is 0. The van der Waals surface area contributed by atoms with E-state index in [-0.39, 0.29) is 6.54 Å². The zero-order valence-corrected chi connectivity index (χ0v) is 10.5. The minimum Gasteiger partial charge on any atom is -0.393 e. The molecule has 0 radical (unpaired) electrons. The lowest BCUT2D eigenvalue weighted by Gasteiger charge is -2.21. The second kappa shape index (κ2) is 4.87. The average molecular weight is 277 g/mol. The summed E-state index contributed by atoms with van der Waals surface area (Å²) in [5.41, 5.74) is 7.00. The lowest BCUT2D eigenvalue weighted by molar-refractivity contribution is -0.158. The summed E-state index contributed by atoms with van der Waals surface area (Å²) >= 11 is 4.52. The molecule has 1 unspecified atom stereocenters. The Kier molecular flexibility index (Phi) is 3.61. The van der Waals surface area contributed by atoms with E-state index < -0.39 is 17.1 Å². The first kappa shape index (κ1) is 13.3. The molecule has 18 heavy (non-hydrogen) atoms. The highest BCUT2D eigenvalue weighted by molar-refractivity contribution is 7.80. The lowest BCUT2D eigenvalue weighted by atomic mass is 10.0. The van der Waals surface area contributed by atoms with E-state index in [1.807, 2.05) is 0 Å². The third-order valence-electron chi connectivity index (χ3n) is 3.23. The van der Waals surface area contributed by atoms with Crippen LogP contribution < -0.4 is 5.73 Å². The first-order chi connectivity index (χ1) is 8.39. The molecule has 3 nitrogen and oxygen atoms in total. The zero-order chi connectivity index (χ0) is 13.3. The third-order valence-corrected chi connectivity index (χ3v) is 3.51. The summed E-state index contributed by atoms with van der Waals surface area (Å²) < 4.78 is 39.9. The van der Waals surface area contributed by atoms with Gasteiger partial charge in [0, 0.05) is 12.2 Å². The Bertz CT molecular complexity index is 453. The molecular weight excluding hydrogens is 263 g/mol. The molecule has 0 saturated heterocycles. The summed E-state index contributed by atoms with van der Waals surface area (Å²) in [4.78, 5) is 3.65. The van der Waals surface area contributed by atoms with Crippen LogP contribution >= 0.6 is 12.2 Å². The topological polar surface area (TPSA) is 43.8 Å². The van der Waals surface area contributed by atoms with E-state index in [4.69, 9.17) is 5.73 Å². The van der Waals surface area contributed by atoms with E-state index in [2.05, 4.69) is 17.2 Å². The fraction of sp³-hybridized carbons (Fsp3) is 0.636. The second-order valence-electron chi connectivity index (χ2n) is 4.49. The van der Waals surface area contributed by atoms with Crippen molar-refractivity contribution in [2.24, 2.45) is 11.7 Å². The molecule has 0 aromatic carbocycles. The number of thiocarbonyl (C=S) groups is 1. The van der Waals surface area contributed by atoms with Crippen molar-refractivity contribution in [3.8, 4) is 0 Å². The van der Waals surface area contributed by atoms with Crippen LogP contribution in [0.2, 0.25) is 0 Å². The average Bonchev–Trinajstić information content (AvgIpc) is 2.67. The van der Waals surface area contributed by atoms with Crippen molar-refractivity contribution < 1.29 is 13.2 Å². The highest BCUT2D eigenvalue weighted by Crippen LogP contribution is 2.29. The predicted molar refractivity (Wildman–Crippen MR) is 65.2 cm³/mol. The molecule has 1 aromatic heterocycles. The summed E-state index contributed by atoms with van der Waals surface area (Å²) in [5.74, 6) is -1.78. The molecule has 0 aliphatic heterocycles. The molecule has 100 valence electrons. The number of aryl methyl sites for hydroxylation is 1. The SMILES string of the molecule is NC(=S)C(Cn1cnc2c1CCCC2)C(F)(F)F.